The minimum atomic E-state index is -0.426. The van der Waals surface area contributed by atoms with E-state index in [1.54, 1.807) is 142 Å². The van der Waals surface area contributed by atoms with Gasteiger partial charge in [0.25, 0.3) is 47.3 Å². The molecule has 13 aromatic rings. The largest absolute Gasteiger partial charge is 0.396 e. The van der Waals surface area contributed by atoms with Crippen LogP contribution in [0.15, 0.2) is 262 Å². The lowest BCUT2D eigenvalue weighted by Gasteiger charge is -2.14. The molecule has 125 heavy (non-hydrogen) atoms. The van der Waals surface area contributed by atoms with Gasteiger partial charge in [-0.1, -0.05) is 117 Å². The summed E-state index contributed by atoms with van der Waals surface area (Å²) in [6.45, 7) is 5.32. The lowest BCUT2D eigenvalue weighted by atomic mass is 10.1. The molecule has 5 aromatic heterocycles. The van der Waals surface area contributed by atoms with Crippen LogP contribution in [0.4, 0.5) is 22.7 Å². The molecule has 0 bridgehead atoms. The molecule has 0 aliphatic heterocycles. The van der Waals surface area contributed by atoms with Crippen molar-refractivity contribution in [2.24, 2.45) is 0 Å². The molecule has 0 fully saturated rings. The fraction of sp³-hybridized carbons (Fsp3) is 0.141. The minimum Gasteiger partial charge on any atom is -0.396 e. The van der Waals surface area contributed by atoms with Gasteiger partial charge in [-0.25, -0.2) is 4.98 Å². The number of aromatic nitrogens is 6. The molecule has 0 aliphatic carbocycles. The summed E-state index contributed by atoms with van der Waals surface area (Å²) in [5, 5.41) is 42.7. The van der Waals surface area contributed by atoms with Crippen molar-refractivity contribution in [1.82, 2.24) is 50.8 Å². The number of hydrogen-bond acceptors (Lipinski definition) is 16. The van der Waals surface area contributed by atoms with Gasteiger partial charge in [0.15, 0.2) is 0 Å². The molecule has 0 spiro atoms. The molecule has 0 radical (unpaired) electrons. The molecule has 8 amide bonds. The summed E-state index contributed by atoms with van der Waals surface area (Å²) in [4.78, 5) is 121. The third kappa shape index (κ3) is 27.8. The first-order valence-electron chi connectivity index (χ1n) is 38.4. The lowest BCUT2D eigenvalue weighted by molar-refractivity contribution is 0.0901. The van der Waals surface area contributed by atoms with Crippen LogP contribution in [0.3, 0.4) is 0 Å². The van der Waals surface area contributed by atoms with Gasteiger partial charge in [-0.15, -0.1) is 0 Å². The highest BCUT2D eigenvalue weighted by Gasteiger charge is 2.22. The fourth-order valence-electron chi connectivity index (χ4n) is 11.8. The van der Waals surface area contributed by atoms with E-state index in [9.17, 15) is 38.4 Å². The smallest absolute Gasteiger partial charge is 0.257 e. The predicted molar refractivity (Wildman–Crippen MR) is 492 cm³/mol. The Bertz CT molecular complexity index is 5960. The van der Waals surface area contributed by atoms with Crippen molar-refractivity contribution in [3.8, 4) is 45.0 Å². The number of carbonyl (C=O) groups is 8. The number of aliphatic hydroxyl groups is 2. The quantitative estimate of drug-likeness (QED) is 0.0204. The van der Waals surface area contributed by atoms with Gasteiger partial charge in [-0.05, 0) is 221 Å². The number of ether oxygens (including phenoxy) is 1. The van der Waals surface area contributed by atoms with Gasteiger partial charge in [-0.2, -0.15) is 0 Å². The van der Waals surface area contributed by atoms with Crippen LogP contribution < -0.4 is 42.5 Å². The number of halogens is 8. The van der Waals surface area contributed by atoms with Crippen LogP contribution in [0.5, 0.6) is 0 Å². The Morgan fingerprint density at radius 1 is 0.360 bits per heavy atom. The van der Waals surface area contributed by atoms with Gasteiger partial charge in [0.05, 0.1) is 105 Å². The maximum absolute atomic E-state index is 12.8. The Hall–Kier alpha value is -12.5. The van der Waals surface area contributed by atoms with Crippen LogP contribution in [0.25, 0.3) is 45.0 Å². The van der Waals surface area contributed by atoms with Gasteiger partial charge in [0.2, 0.25) is 0 Å². The standard InChI is InChI=1S/C25H21Cl2N5O2.C23H21Cl2N3O3.2C22H19Cl2N3O3/c26-21-8-6-18(15-20(21)23-4-1-2-9-29-23)31-25(34)19-7-5-17(14-22(19)27)24(33)30-10-3-12-32-13-11-28-16-32;1-14(13-31-2)27-22(29)15-6-8-17(20(25)11-15)23(30)28-16-7-9-19(24)18(12-16)21-5-3-4-10-26-21;1-13(12-28)26-21(29)14-5-7-16(19(24)10-14)22(30)27-15-6-8-18(23)17(11-15)20-4-2-3-9-25-20;23-18-8-6-15(13-17(18)20-4-1-2-9-25-20)27-22(30)16-7-5-14(12-19(16)24)21(29)26-10-3-11-28/h1-2,4-9,11,13-16H,3,10,12H2,(H,30,33)(H,31,34);3-12,14H,13H2,1-2H3,(H,27,29)(H,28,30);2-11,13,28H,12H2,1H3,(H,26,29)(H,27,30);1-2,4-9,12-13,28H,3,10-11H2,(H,26,29)(H,27,30)/t;14-;13-;/m.00./s1. The van der Waals surface area contributed by atoms with E-state index in [-0.39, 0.29) is 85.2 Å². The second-order valence-electron chi connectivity index (χ2n) is 27.4. The summed E-state index contributed by atoms with van der Waals surface area (Å²) in [5.41, 5.74) is 10.0. The number of nitrogens with one attached hydrogen (secondary N) is 8. The van der Waals surface area contributed by atoms with E-state index in [0.29, 0.717) is 136 Å². The number of aryl methyl sites for hydroxylation is 1. The number of pyridine rings is 4. The molecule has 10 N–H and O–H groups in total. The first-order valence-corrected chi connectivity index (χ1v) is 41.4. The number of nitrogens with zero attached hydrogens (tertiary/aromatic N) is 6. The number of benzene rings is 8. The molecule has 33 heteroatoms. The zero-order valence-electron chi connectivity index (χ0n) is 66.9. The topological polar surface area (TPSA) is 352 Å². The van der Waals surface area contributed by atoms with Gasteiger partial charge in [-0.3, -0.25) is 58.3 Å². The van der Waals surface area contributed by atoms with Crippen LogP contribution in [-0.4, -0.2) is 139 Å². The maximum Gasteiger partial charge on any atom is 0.257 e. The average Bonchev–Trinajstić information content (AvgIpc) is 0.918. The Labute approximate surface area is 759 Å². The number of aliphatic hydroxyl groups excluding tert-OH is 2. The molecule has 0 saturated heterocycles. The third-order valence-corrected chi connectivity index (χ3v) is 20.6. The number of amides is 8. The summed E-state index contributed by atoms with van der Waals surface area (Å²) in [6.07, 6.45) is 13.2. The van der Waals surface area contributed by atoms with Crippen molar-refractivity contribution in [2.45, 2.75) is 45.3 Å². The zero-order valence-corrected chi connectivity index (χ0v) is 73.0. The third-order valence-electron chi connectivity index (χ3n) is 18.1. The summed E-state index contributed by atoms with van der Waals surface area (Å²) in [5.74, 6) is -2.90. The Balaban J connectivity index is 0.000000174. The Morgan fingerprint density at radius 2 is 0.672 bits per heavy atom. The first-order chi connectivity index (χ1) is 60.3. The Morgan fingerprint density at radius 3 is 0.944 bits per heavy atom. The number of rotatable bonds is 28. The van der Waals surface area contributed by atoms with Crippen LogP contribution in [0.2, 0.25) is 40.2 Å². The van der Waals surface area contributed by atoms with Crippen LogP contribution in [0.1, 0.15) is 110 Å². The second-order valence-corrected chi connectivity index (χ2v) is 30.6. The van der Waals surface area contributed by atoms with Crippen LogP contribution in [0, 0.1) is 0 Å². The van der Waals surface area contributed by atoms with Crippen molar-refractivity contribution in [3.05, 3.63) is 347 Å². The maximum atomic E-state index is 12.8. The fourth-order valence-corrected chi connectivity index (χ4v) is 13.7. The molecule has 640 valence electrons. The average molecular weight is 1840 g/mol. The monoisotopic (exact) mass is 1840 g/mol. The SMILES string of the molecule is COC[C@H](C)NC(=O)c1ccc(C(=O)Nc2ccc(Cl)c(-c3ccccn3)c2)c(Cl)c1.C[C@@H](CO)NC(=O)c1ccc(C(=O)Nc2ccc(Cl)c(-c3ccccn3)c2)c(Cl)c1.O=C(NCCCO)c1ccc(C(=O)Nc2ccc(Cl)c(-c3ccccn3)c2)c(Cl)c1.O=C(NCCCn1ccnc1)c1ccc(C(=O)Nc2ccc(Cl)c(-c3ccccn3)c2)c(Cl)c1. The summed E-state index contributed by atoms with van der Waals surface area (Å²) in [7, 11) is 1.56. The minimum absolute atomic E-state index is 0.00705. The van der Waals surface area contributed by atoms with E-state index in [2.05, 4.69) is 67.5 Å². The molecule has 8 aromatic carbocycles. The van der Waals surface area contributed by atoms with E-state index >= 15 is 0 Å². The van der Waals surface area contributed by atoms with E-state index in [4.69, 9.17) is 108 Å². The summed E-state index contributed by atoms with van der Waals surface area (Å²) < 4.78 is 6.95. The molecular weight excluding hydrogens is 1760 g/mol. The van der Waals surface area contributed by atoms with Gasteiger partial charge < -0.3 is 62.1 Å². The molecule has 2 atom stereocenters. The lowest BCUT2D eigenvalue weighted by Crippen LogP contribution is -2.35. The van der Waals surface area contributed by atoms with Crippen molar-refractivity contribution in [2.75, 3.05) is 61.3 Å². The zero-order chi connectivity index (χ0) is 89.5. The molecular formula is C92H80Cl8N14O11. The number of methoxy groups -OCH3 is 1. The van der Waals surface area contributed by atoms with E-state index in [1.807, 2.05) is 84.4 Å². The normalized spacial score (nSPS) is 11.1. The van der Waals surface area contributed by atoms with Crippen molar-refractivity contribution >= 4 is 163 Å². The number of anilines is 4. The summed E-state index contributed by atoms with van der Waals surface area (Å²) >= 11 is 50.3. The van der Waals surface area contributed by atoms with E-state index in [1.165, 1.54) is 60.7 Å². The number of hydrogen-bond donors (Lipinski definition) is 10. The molecule has 13 rings (SSSR count). The highest BCUT2D eigenvalue weighted by Crippen LogP contribution is 2.35. The van der Waals surface area contributed by atoms with E-state index in [0.717, 1.165) is 13.0 Å². The van der Waals surface area contributed by atoms with Gasteiger partial charge in [0.1, 0.15) is 0 Å². The van der Waals surface area contributed by atoms with E-state index < -0.39 is 29.7 Å². The number of carbonyl (C=O) groups excluding carboxylic acids is 8. The van der Waals surface area contributed by atoms with Crippen molar-refractivity contribution in [3.63, 3.8) is 0 Å². The van der Waals surface area contributed by atoms with Gasteiger partial charge >= 0.3 is 0 Å². The molecule has 5 heterocycles. The second kappa shape index (κ2) is 47.4. The highest BCUT2D eigenvalue weighted by molar-refractivity contribution is 6.38. The molecule has 0 unspecified atom stereocenters. The van der Waals surface area contributed by atoms with Crippen molar-refractivity contribution in [1.29, 1.82) is 0 Å². The van der Waals surface area contributed by atoms with Crippen LogP contribution >= 0.6 is 92.8 Å². The molecule has 0 aliphatic rings. The first kappa shape index (κ1) is 94.8. The highest BCUT2D eigenvalue weighted by atomic mass is 35.5. The molecule has 25 nitrogen and oxygen atoms in total. The Kier molecular flexibility index (Phi) is 35.9. The molecule has 0 saturated carbocycles. The van der Waals surface area contributed by atoms with Crippen molar-refractivity contribution < 1.29 is 53.3 Å². The number of imidazole rings is 1. The summed E-state index contributed by atoms with van der Waals surface area (Å²) in [6, 6.07) is 59.9. The van der Waals surface area contributed by atoms with Gasteiger partial charge in [0, 0.05) is 150 Å². The predicted octanol–water partition coefficient (Wildman–Crippen LogP) is 19.2. The van der Waals surface area contributed by atoms with Crippen LogP contribution in [-0.2, 0) is 11.3 Å².